The molecule has 1 aromatic rings. The molecule has 5 heteroatoms. The Morgan fingerprint density at radius 2 is 2.28 bits per heavy atom. The summed E-state index contributed by atoms with van der Waals surface area (Å²) in [6.07, 6.45) is 2.38. The minimum absolute atomic E-state index is 0.0294. The number of anilines is 1. The average molecular weight is 252 g/mol. The first kappa shape index (κ1) is 14.4. The summed E-state index contributed by atoms with van der Waals surface area (Å²) in [5.74, 6) is -1.02. The number of nitrogens with zero attached hydrogens (tertiary/aromatic N) is 1. The summed E-state index contributed by atoms with van der Waals surface area (Å²) in [4.78, 5) is 14.9. The molecule has 0 unspecified atom stereocenters. The maximum absolute atomic E-state index is 11.0. The molecule has 0 amide bonds. The van der Waals surface area contributed by atoms with Crippen molar-refractivity contribution < 1.29 is 14.6 Å². The van der Waals surface area contributed by atoms with Gasteiger partial charge < -0.3 is 15.2 Å². The first-order chi connectivity index (χ1) is 8.46. The monoisotopic (exact) mass is 252 g/mol. The molecule has 0 aliphatic carbocycles. The highest BCUT2D eigenvalue weighted by atomic mass is 16.5. The van der Waals surface area contributed by atoms with E-state index in [4.69, 9.17) is 9.84 Å². The van der Waals surface area contributed by atoms with Gasteiger partial charge in [0.2, 0.25) is 0 Å². The smallest absolute Gasteiger partial charge is 0.356 e. The zero-order valence-corrected chi connectivity index (χ0v) is 11.1. The number of hydrogen-bond acceptors (Lipinski definition) is 4. The minimum atomic E-state index is -1.02. The van der Waals surface area contributed by atoms with Crippen LogP contribution in [0, 0.1) is 5.41 Å². The van der Waals surface area contributed by atoms with Crippen molar-refractivity contribution in [2.45, 2.75) is 20.3 Å². The Bertz CT molecular complexity index is 405. The molecule has 2 N–H and O–H groups in total. The number of aromatic carboxylic acids is 1. The van der Waals surface area contributed by atoms with Gasteiger partial charge in [0.15, 0.2) is 5.69 Å². The highest BCUT2D eigenvalue weighted by molar-refractivity contribution is 5.91. The lowest BCUT2D eigenvalue weighted by atomic mass is 9.89. The minimum Gasteiger partial charge on any atom is -0.476 e. The van der Waals surface area contributed by atoms with E-state index >= 15 is 0 Å². The average Bonchev–Trinajstić information content (AvgIpc) is 2.34. The number of aromatic nitrogens is 1. The predicted octanol–water partition coefficient (Wildman–Crippen LogP) is 2.25. The molecule has 0 bridgehead atoms. The molecule has 5 nitrogen and oxygen atoms in total. The quantitative estimate of drug-likeness (QED) is 0.778. The summed E-state index contributed by atoms with van der Waals surface area (Å²) in [6.45, 7) is 5.57. The highest BCUT2D eigenvalue weighted by Crippen LogP contribution is 2.22. The molecule has 0 radical (unpaired) electrons. The van der Waals surface area contributed by atoms with Crippen LogP contribution in [0.4, 0.5) is 5.69 Å². The third-order valence-corrected chi connectivity index (χ3v) is 2.75. The number of hydrogen-bond donors (Lipinski definition) is 2. The normalized spacial score (nSPS) is 11.3. The lowest BCUT2D eigenvalue weighted by molar-refractivity contribution is 0.0691. The second-order valence-corrected chi connectivity index (χ2v) is 4.97. The van der Waals surface area contributed by atoms with E-state index in [9.17, 15) is 4.79 Å². The summed E-state index contributed by atoms with van der Waals surface area (Å²) in [7, 11) is 1.67. The van der Waals surface area contributed by atoms with E-state index in [1.165, 1.54) is 6.20 Å². The van der Waals surface area contributed by atoms with Crippen LogP contribution in [0.1, 0.15) is 30.8 Å². The van der Waals surface area contributed by atoms with Gasteiger partial charge in [0.25, 0.3) is 0 Å². The number of carbonyl (C=O) groups is 1. The van der Waals surface area contributed by atoms with Crippen LogP contribution in [0.3, 0.4) is 0 Å². The molecule has 0 aromatic carbocycles. The first-order valence-electron chi connectivity index (χ1n) is 5.87. The van der Waals surface area contributed by atoms with E-state index in [-0.39, 0.29) is 11.1 Å². The molecule has 18 heavy (non-hydrogen) atoms. The molecule has 0 aliphatic heterocycles. The van der Waals surface area contributed by atoms with Crippen LogP contribution in [-0.2, 0) is 4.74 Å². The molecule has 0 atom stereocenters. The Hall–Kier alpha value is -1.62. The summed E-state index contributed by atoms with van der Waals surface area (Å²) >= 11 is 0. The van der Waals surface area contributed by atoms with Gasteiger partial charge in [-0.2, -0.15) is 0 Å². The second-order valence-electron chi connectivity index (χ2n) is 4.97. The van der Waals surface area contributed by atoms with Crippen LogP contribution in [0.15, 0.2) is 18.3 Å². The third kappa shape index (κ3) is 4.33. The molecule has 1 rings (SSSR count). The highest BCUT2D eigenvalue weighted by Gasteiger charge is 2.19. The van der Waals surface area contributed by atoms with Crippen molar-refractivity contribution in [1.29, 1.82) is 0 Å². The van der Waals surface area contributed by atoms with Crippen LogP contribution in [0.5, 0.6) is 0 Å². The van der Waals surface area contributed by atoms with E-state index in [2.05, 4.69) is 24.1 Å². The Labute approximate surface area is 107 Å². The van der Waals surface area contributed by atoms with Gasteiger partial charge in [-0.25, -0.2) is 9.78 Å². The largest absolute Gasteiger partial charge is 0.476 e. The van der Waals surface area contributed by atoms with Gasteiger partial charge in [-0.05, 0) is 24.0 Å². The van der Waals surface area contributed by atoms with Crippen molar-refractivity contribution in [3.05, 3.63) is 24.0 Å². The maximum atomic E-state index is 11.0. The van der Waals surface area contributed by atoms with Gasteiger partial charge >= 0.3 is 5.97 Å². The van der Waals surface area contributed by atoms with Gasteiger partial charge in [-0.1, -0.05) is 13.8 Å². The Morgan fingerprint density at radius 1 is 1.56 bits per heavy atom. The number of rotatable bonds is 7. The van der Waals surface area contributed by atoms with E-state index in [0.29, 0.717) is 18.8 Å². The topological polar surface area (TPSA) is 71.5 Å². The fourth-order valence-corrected chi connectivity index (χ4v) is 1.52. The molecule has 0 fully saturated rings. The Morgan fingerprint density at radius 3 is 2.89 bits per heavy atom. The number of carboxylic acid groups (broad SMARTS) is 1. The number of ether oxygens (including phenoxy) is 1. The SMILES string of the molecule is COCCC(C)(C)CNc1cccnc1C(=O)O. The molecule has 1 aromatic heterocycles. The lowest BCUT2D eigenvalue weighted by Crippen LogP contribution is -2.25. The summed E-state index contributed by atoms with van der Waals surface area (Å²) in [5.41, 5.74) is 0.636. The van der Waals surface area contributed by atoms with E-state index < -0.39 is 5.97 Å². The van der Waals surface area contributed by atoms with Crippen LogP contribution in [0.2, 0.25) is 0 Å². The fraction of sp³-hybridized carbons (Fsp3) is 0.538. The van der Waals surface area contributed by atoms with E-state index in [1.54, 1.807) is 19.2 Å². The van der Waals surface area contributed by atoms with Gasteiger partial charge in [-0.15, -0.1) is 0 Å². The van der Waals surface area contributed by atoms with Crippen LogP contribution < -0.4 is 5.32 Å². The van der Waals surface area contributed by atoms with Gasteiger partial charge in [0, 0.05) is 26.5 Å². The van der Waals surface area contributed by atoms with Crippen molar-refractivity contribution in [2.75, 3.05) is 25.6 Å². The number of methoxy groups -OCH3 is 1. The van der Waals surface area contributed by atoms with Crippen LogP contribution in [0.25, 0.3) is 0 Å². The van der Waals surface area contributed by atoms with Crippen molar-refractivity contribution in [1.82, 2.24) is 4.98 Å². The number of nitrogens with one attached hydrogen (secondary N) is 1. The number of pyridine rings is 1. The van der Waals surface area contributed by atoms with E-state index in [1.807, 2.05) is 0 Å². The molecule has 0 spiro atoms. The molecular formula is C13H20N2O3. The Balaban J connectivity index is 2.65. The van der Waals surface area contributed by atoms with Gasteiger partial charge in [0.05, 0.1) is 5.69 Å². The molecule has 0 saturated carbocycles. The molecule has 100 valence electrons. The fourth-order valence-electron chi connectivity index (χ4n) is 1.52. The number of carboxylic acids is 1. The van der Waals surface area contributed by atoms with Crippen molar-refractivity contribution >= 4 is 11.7 Å². The zero-order valence-electron chi connectivity index (χ0n) is 11.1. The second kappa shape index (κ2) is 6.35. The van der Waals surface area contributed by atoms with Crippen LogP contribution >= 0.6 is 0 Å². The lowest BCUT2D eigenvalue weighted by Gasteiger charge is -2.25. The summed E-state index contributed by atoms with van der Waals surface area (Å²) < 4.78 is 5.06. The van der Waals surface area contributed by atoms with Crippen LogP contribution in [-0.4, -0.2) is 36.3 Å². The molecule has 0 aliphatic rings. The van der Waals surface area contributed by atoms with E-state index in [0.717, 1.165) is 6.42 Å². The van der Waals surface area contributed by atoms with Gasteiger partial charge in [0.1, 0.15) is 0 Å². The first-order valence-corrected chi connectivity index (χ1v) is 5.87. The molecule has 1 heterocycles. The third-order valence-electron chi connectivity index (χ3n) is 2.75. The maximum Gasteiger partial charge on any atom is 0.356 e. The predicted molar refractivity (Wildman–Crippen MR) is 70.0 cm³/mol. The molecule has 0 saturated heterocycles. The summed E-state index contributed by atoms with van der Waals surface area (Å²) in [6, 6.07) is 3.44. The Kier molecular flexibility index (Phi) is 5.09. The van der Waals surface area contributed by atoms with Crippen molar-refractivity contribution in [2.24, 2.45) is 5.41 Å². The standard InChI is InChI=1S/C13H20N2O3/c1-13(2,6-8-18-3)9-15-10-5-4-7-14-11(10)12(16)17/h4-5,7,15H,6,8-9H2,1-3H3,(H,16,17). The van der Waals surface area contributed by atoms with Gasteiger partial charge in [-0.3, -0.25) is 0 Å². The van der Waals surface area contributed by atoms with Crippen molar-refractivity contribution in [3.63, 3.8) is 0 Å². The van der Waals surface area contributed by atoms with Crippen molar-refractivity contribution in [3.8, 4) is 0 Å². The summed E-state index contributed by atoms with van der Waals surface area (Å²) in [5, 5.41) is 12.2. The zero-order chi connectivity index (χ0) is 13.6. The molecular weight excluding hydrogens is 232 g/mol.